The lowest BCUT2D eigenvalue weighted by atomic mass is 10.0. The molecule has 1 N–H and O–H groups in total. The van der Waals surface area contributed by atoms with Gasteiger partial charge in [-0.1, -0.05) is 0 Å². The van der Waals surface area contributed by atoms with Crippen LogP contribution in [0.1, 0.15) is 0 Å². The number of anilines is 1. The highest BCUT2D eigenvalue weighted by Crippen LogP contribution is 2.49. The summed E-state index contributed by atoms with van der Waals surface area (Å²) in [5.41, 5.74) is 0. The smallest absolute Gasteiger partial charge is 0.225 e. The number of fused-ring (bicyclic) bond motifs is 2. The number of sulfone groups is 1. The standard InChI is InChI=1S/C16H23N5O2S/c22-24(23)9-14-15(10-24)21(16-18-2-1-3-19-16)5-4-20(14)8-13-11-6-17-7-12(11)13/h1-3,11-15,17H,4-10H2/t11-,12+,13?,14-,15+/m0/s1. The van der Waals surface area contributed by atoms with Crippen molar-refractivity contribution in [1.29, 1.82) is 0 Å². The van der Waals surface area contributed by atoms with E-state index >= 15 is 0 Å². The first-order valence-electron chi connectivity index (χ1n) is 8.81. The van der Waals surface area contributed by atoms with Crippen molar-refractivity contribution >= 4 is 15.8 Å². The first-order valence-corrected chi connectivity index (χ1v) is 10.6. The van der Waals surface area contributed by atoms with Crippen molar-refractivity contribution in [3.8, 4) is 0 Å². The van der Waals surface area contributed by atoms with Gasteiger partial charge in [-0.3, -0.25) is 4.90 Å². The predicted octanol–water partition coefficient (Wildman–Crippen LogP) is -0.770. The molecule has 4 heterocycles. The molecule has 0 radical (unpaired) electrons. The second-order valence-electron chi connectivity index (χ2n) is 7.60. The Kier molecular flexibility index (Phi) is 3.37. The number of hydrogen-bond acceptors (Lipinski definition) is 7. The van der Waals surface area contributed by atoms with Crippen LogP contribution in [0.2, 0.25) is 0 Å². The summed E-state index contributed by atoms with van der Waals surface area (Å²) in [6, 6.07) is 1.87. The molecule has 1 aliphatic carbocycles. The van der Waals surface area contributed by atoms with Gasteiger partial charge in [0.2, 0.25) is 5.95 Å². The zero-order valence-corrected chi connectivity index (χ0v) is 14.4. The molecule has 1 unspecified atom stereocenters. The number of piperidine rings is 1. The molecule has 4 fully saturated rings. The van der Waals surface area contributed by atoms with Crippen molar-refractivity contribution in [2.45, 2.75) is 12.1 Å². The second kappa shape index (κ2) is 5.37. The van der Waals surface area contributed by atoms with E-state index in [9.17, 15) is 8.42 Å². The molecule has 130 valence electrons. The van der Waals surface area contributed by atoms with Crippen LogP contribution in [-0.4, -0.2) is 79.6 Å². The van der Waals surface area contributed by atoms with Crippen LogP contribution < -0.4 is 10.2 Å². The van der Waals surface area contributed by atoms with Gasteiger partial charge in [0.25, 0.3) is 0 Å². The minimum Gasteiger partial charge on any atom is -0.334 e. The minimum absolute atomic E-state index is 0.0112. The van der Waals surface area contributed by atoms with Crippen LogP contribution in [0.3, 0.4) is 0 Å². The van der Waals surface area contributed by atoms with Gasteiger partial charge < -0.3 is 10.2 Å². The predicted molar refractivity (Wildman–Crippen MR) is 90.5 cm³/mol. The summed E-state index contributed by atoms with van der Waals surface area (Å²) in [6.07, 6.45) is 3.46. The quantitative estimate of drug-likeness (QED) is 0.768. The third-order valence-electron chi connectivity index (χ3n) is 6.31. The van der Waals surface area contributed by atoms with E-state index in [1.54, 1.807) is 18.5 Å². The van der Waals surface area contributed by atoms with E-state index in [2.05, 4.69) is 25.1 Å². The first kappa shape index (κ1) is 15.0. The van der Waals surface area contributed by atoms with Crippen molar-refractivity contribution in [2.24, 2.45) is 17.8 Å². The normalized spacial score (nSPS) is 40.3. The Morgan fingerprint density at radius 2 is 1.79 bits per heavy atom. The van der Waals surface area contributed by atoms with E-state index in [0.29, 0.717) is 5.95 Å². The average Bonchev–Trinajstić information content (AvgIpc) is 2.91. The Bertz CT molecular complexity index is 717. The molecule has 5 atom stereocenters. The molecule has 3 saturated heterocycles. The van der Waals surface area contributed by atoms with E-state index in [1.165, 1.54) is 0 Å². The average molecular weight is 349 g/mol. The van der Waals surface area contributed by atoms with Gasteiger partial charge in [0.1, 0.15) is 0 Å². The maximum Gasteiger partial charge on any atom is 0.225 e. The van der Waals surface area contributed by atoms with Gasteiger partial charge in [-0.15, -0.1) is 0 Å². The molecule has 7 nitrogen and oxygen atoms in total. The lowest BCUT2D eigenvalue weighted by Gasteiger charge is -2.44. The number of nitrogens with one attached hydrogen (secondary N) is 1. The summed E-state index contributed by atoms with van der Waals surface area (Å²) < 4.78 is 24.6. The van der Waals surface area contributed by atoms with Gasteiger partial charge in [-0.25, -0.2) is 18.4 Å². The summed E-state index contributed by atoms with van der Waals surface area (Å²) >= 11 is 0. The van der Waals surface area contributed by atoms with E-state index in [4.69, 9.17) is 0 Å². The third-order valence-corrected chi connectivity index (χ3v) is 8.01. The van der Waals surface area contributed by atoms with Crippen LogP contribution >= 0.6 is 0 Å². The van der Waals surface area contributed by atoms with Crippen molar-refractivity contribution in [3.05, 3.63) is 18.5 Å². The Hall–Kier alpha value is -1.25. The topological polar surface area (TPSA) is 78.4 Å². The van der Waals surface area contributed by atoms with E-state index in [-0.39, 0.29) is 23.6 Å². The van der Waals surface area contributed by atoms with Gasteiger partial charge in [0.05, 0.1) is 17.5 Å². The first-order chi connectivity index (χ1) is 11.6. The molecular formula is C16H23N5O2S. The molecule has 8 heteroatoms. The number of nitrogens with zero attached hydrogens (tertiary/aromatic N) is 4. The highest BCUT2D eigenvalue weighted by atomic mass is 32.2. The van der Waals surface area contributed by atoms with Crippen LogP contribution in [0.25, 0.3) is 0 Å². The Morgan fingerprint density at radius 3 is 2.54 bits per heavy atom. The van der Waals surface area contributed by atoms with E-state index in [0.717, 1.165) is 50.5 Å². The van der Waals surface area contributed by atoms with Crippen LogP contribution in [0.5, 0.6) is 0 Å². The Balaban J connectivity index is 1.37. The van der Waals surface area contributed by atoms with Crippen LogP contribution in [0, 0.1) is 17.8 Å². The summed E-state index contributed by atoms with van der Waals surface area (Å²) in [5, 5.41) is 3.44. The van der Waals surface area contributed by atoms with Gasteiger partial charge in [-0.2, -0.15) is 0 Å². The maximum absolute atomic E-state index is 12.3. The summed E-state index contributed by atoms with van der Waals surface area (Å²) in [7, 11) is -2.99. The van der Waals surface area contributed by atoms with Gasteiger partial charge >= 0.3 is 0 Å². The molecule has 0 bridgehead atoms. The molecule has 4 aliphatic rings. The Labute approximate surface area is 142 Å². The fourth-order valence-corrected chi connectivity index (χ4v) is 7.04. The van der Waals surface area contributed by atoms with Crippen molar-refractivity contribution < 1.29 is 8.42 Å². The molecule has 5 rings (SSSR count). The summed E-state index contributed by atoms with van der Waals surface area (Å²) in [6.45, 7) is 5.04. The lowest BCUT2D eigenvalue weighted by Crippen LogP contribution is -2.60. The van der Waals surface area contributed by atoms with Crippen LogP contribution in [-0.2, 0) is 9.84 Å². The molecule has 3 aliphatic heterocycles. The van der Waals surface area contributed by atoms with Crippen molar-refractivity contribution in [2.75, 3.05) is 49.1 Å². The fraction of sp³-hybridized carbons (Fsp3) is 0.750. The largest absolute Gasteiger partial charge is 0.334 e. The van der Waals surface area contributed by atoms with Gasteiger partial charge in [-0.05, 0) is 36.9 Å². The molecule has 0 aromatic carbocycles. The number of piperazine rings is 1. The molecule has 1 aromatic heterocycles. The zero-order valence-electron chi connectivity index (χ0n) is 13.6. The van der Waals surface area contributed by atoms with Crippen molar-refractivity contribution in [3.63, 3.8) is 0 Å². The van der Waals surface area contributed by atoms with Gasteiger partial charge in [0.15, 0.2) is 9.84 Å². The lowest BCUT2D eigenvalue weighted by molar-refractivity contribution is 0.154. The van der Waals surface area contributed by atoms with E-state index in [1.807, 2.05) is 0 Å². The molecule has 1 saturated carbocycles. The van der Waals surface area contributed by atoms with Crippen LogP contribution in [0.4, 0.5) is 5.95 Å². The van der Waals surface area contributed by atoms with Gasteiger partial charge in [0, 0.05) is 38.1 Å². The fourth-order valence-electron chi connectivity index (χ4n) is 5.03. The number of aromatic nitrogens is 2. The van der Waals surface area contributed by atoms with Crippen molar-refractivity contribution in [1.82, 2.24) is 20.2 Å². The highest BCUT2D eigenvalue weighted by Gasteiger charge is 2.55. The van der Waals surface area contributed by atoms with E-state index < -0.39 is 9.84 Å². The SMILES string of the molecule is O=S1(=O)C[C@@H]2[C@H](C1)N(CC1[C@H]3CNC[C@@H]13)CCN2c1ncccn1. The minimum atomic E-state index is -2.99. The molecule has 1 aromatic rings. The molecule has 0 amide bonds. The third kappa shape index (κ3) is 2.43. The monoisotopic (exact) mass is 349 g/mol. The number of rotatable bonds is 3. The molecule has 0 spiro atoms. The summed E-state index contributed by atoms with van der Waals surface area (Å²) in [5.74, 6) is 3.56. The summed E-state index contributed by atoms with van der Waals surface area (Å²) in [4.78, 5) is 13.3. The highest BCUT2D eigenvalue weighted by molar-refractivity contribution is 7.91. The molecular weight excluding hydrogens is 326 g/mol. The zero-order chi connectivity index (χ0) is 16.3. The second-order valence-corrected chi connectivity index (χ2v) is 9.75. The Morgan fingerprint density at radius 1 is 1.08 bits per heavy atom. The van der Waals surface area contributed by atoms with Crippen LogP contribution in [0.15, 0.2) is 18.5 Å². The number of hydrogen-bond donors (Lipinski definition) is 1. The maximum atomic E-state index is 12.3. The molecule has 24 heavy (non-hydrogen) atoms.